The van der Waals surface area contributed by atoms with Gasteiger partial charge in [0.1, 0.15) is 5.78 Å². The number of hydrogen-bond acceptors (Lipinski definition) is 2. The van der Waals surface area contributed by atoms with E-state index in [9.17, 15) is 4.79 Å². The van der Waals surface area contributed by atoms with Crippen LogP contribution >= 0.6 is 0 Å². The van der Waals surface area contributed by atoms with Crippen molar-refractivity contribution >= 4 is 11.5 Å². The van der Waals surface area contributed by atoms with E-state index in [1.807, 2.05) is 24.3 Å². The van der Waals surface area contributed by atoms with Gasteiger partial charge in [-0.05, 0) is 30.5 Å². The first-order chi connectivity index (χ1) is 8.72. The first-order valence-electron chi connectivity index (χ1n) is 7.08. The molecule has 0 aromatic heterocycles. The van der Waals surface area contributed by atoms with Gasteiger partial charge in [0.05, 0.1) is 0 Å². The lowest BCUT2D eigenvalue weighted by Crippen LogP contribution is -2.00. The maximum absolute atomic E-state index is 11.7. The number of hydrogen-bond donors (Lipinski definition) is 1. The number of benzene rings is 1. The van der Waals surface area contributed by atoms with Crippen LogP contribution in [0.15, 0.2) is 24.3 Å². The van der Waals surface area contributed by atoms with Gasteiger partial charge in [-0.25, -0.2) is 0 Å². The van der Waals surface area contributed by atoms with Gasteiger partial charge in [-0.2, -0.15) is 0 Å². The zero-order chi connectivity index (χ0) is 13.2. The summed E-state index contributed by atoms with van der Waals surface area (Å²) in [5.41, 5.74) is 7.65. The van der Waals surface area contributed by atoms with Gasteiger partial charge in [-0.1, -0.05) is 44.7 Å². The highest BCUT2D eigenvalue weighted by Gasteiger charge is 2.03. The largest absolute Gasteiger partial charge is 0.399 e. The smallest absolute Gasteiger partial charge is 0.133 e. The Balaban J connectivity index is 2.13. The highest BCUT2D eigenvalue weighted by molar-refractivity contribution is 5.78. The van der Waals surface area contributed by atoms with Gasteiger partial charge in [0, 0.05) is 18.5 Å². The summed E-state index contributed by atoms with van der Waals surface area (Å²) in [5, 5.41) is 0. The molecule has 0 aliphatic heterocycles. The zero-order valence-corrected chi connectivity index (χ0v) is 11.5. The molecular weight excluding hydrogens is 222 g/mol. The Morgan fingerprint density at radius 2 is 1.89 bits per heavy atom. The van der Waals surface area contributed by atoms with Crippen molar-refractivity contribution in [3.8, 4) is 0 Å². The fourth-order valence-corrected chi connectivity index (χ4v) is 2.08. The zero-order valence-electron chi connectivity index (χ0n) is 11.5. The molecule has 2 N–H and O–H groups in total. The Bertz CT molecular complexity index is 360. The molecule has 0 fully saturated rings. The van der Waals surface area contributed by atoms with Gasteiger partial charge in [0.25, 0.3) is 0 Å². The van der Waals surface area contributed by atoms with Crippen LogP contribution < -0.4 is 5.73 Å². The molecule has 0 aliphatic rings. The Hall–Kier alpha value is -1.31. The second-order valence-corrected chi connectivity index (χ2v) is 4.95. The SMILES string of the molecule is CCCCCCCC(=O)CCc1cccc(N)c1. The van der Waals surface area contributed by atoms with Crippen LogP contribution in [0.5, 0.6) is 0 Å². The topological polar surface area (TPSA) is 43.1 Å². The first kappa shape index (κ1) is 14.7. The normalized spacial score (nSPS) is 10.5. The predicted molar refractivity (Wildman–Crippen MR) is 77.6 cm³/mol. The molecule has 1 aromatic rings. The summed E-state index contributed by atoms with van der Waals surface area (Å²) >= 11 is 0. The van der Waals surface area contributed by atoms with E-state index in [0.717, 1.165) is 30.5 Å². The molecule has 0 bridgehead atoms. The van der Waals surface area contributed by atoms with Crippen molar-refractivity contribution < 1.29 is 4.79 Å². The molecule has 0 atom stereocenters. The van der Waals surface area contributed by atoms with E-state index in [0.29, 0.717) is 12.2 Å². The maximum Gasteiger partial charge on any atom is 0.133 e. The van der Waals surface area contributed by atoms with E-state index in [1.54, 1.807) is 0 Å². The molecule has 2 nitrogen and oxygen atoms in total. The molecule has 0 heterocycles. The number of Topliss-reactive ketones (excluding diaryl/α,β-unsaturated/α-hetero) is 1. The van der Waals surface area contributed by atoms with Crippen LogP contribution in [0.1, 0.15) is 57.4 Å². The Morgan fingerprint density at radius 1 is 1.11 bits per heavy atom. The van der Waals surface area contributed by atoms with Crippen LogP contribution in [0.3, 0.4) is 0 Å². The summed E-state index contributed by atoms with van der Waals surface area (Å²) in [6.45, 7) is 2.21. The molecule has 1 rings (SSSR count). The molecule has 100 valence electrons. The lowest BCUT2D eigenvalue weighted by Gasteiger charge is -2.03. The number of nitrogens with two attached hydrogens (primary N) is 1. The molecule has 0 saturated heterocycles. The molecule has 2 heteroatoms. The molecule has 0 aliphatic carbocycles. The monoisotopic (exact) mass is 247 g/mol. The molecule has 0 saturated carbocycles. The van der Waals surface area contributed by atoms with Crippen LogP contribution in [0.4, 0.5) is 5.69 Å². The summed E-state index contributed by atoms with van der Waals surface area (Å²) in [5.74, 6) is 0.383. The summed E-state index contributed by atoms with van der Waals surface area (Å²) in [6, 6.07) is 7.80. The van der Waals surface area contributed by atoms with E-state index >= 15 is 0 Å². The summed E-state index contributed by atoms with van der Waals surface area (Å²) in [6.07, 6.45) is 8.26. The highest BCUT2D eigenvalue weighted by atomic mass is 16.1. The average molecular weight is 247 g/mol. The van der Waals surface area contributed by atoms with E-state index in [2.05, 4.69) is 6.92 Å². The third kappa shape index (κ3) is 6.43. The summed E-state index contributed by atoms with van der Waals surface area (Å²) in [7, 11) is 0. The van der Waals surface area contributed by atoms with E-state index in [4.69, 9.17) is 5.73 Å². The average Bonchev–Trinajstić information content (AvgIpc) is 2.36. The number of nitrogen functional groups attached to an aromatic ring is 1. The lowest BCUT2D eigenvalue weighted by atomic mass is 10.0. The highest BCUT2D eigenvalue weighted by Crippen LogP contribution is 2.11. The molecule has 0 spiro atoms. The standard InChI is InChI=1S/C16H25NO/c1-2-3-4-5-6-10-16(18)12-11-14-8-7-9-15(17)13-14/h7-9,13H,2-6,10-12,17H2,1H3. The lowest BCUT2D eigenvalue weighted by molar-refractivity contribution is -0.119. The van der Waals surface area contributed by atoms with Crippen LogP contribution in [0, 0.1) is 0 Å². The Morgan fingerprint density at radius 3 is 2.61 bits per heavy atom. The van der Waals surface area contributed by atoms with Gasteiger partial charge in [-0.15, -0.1) is 0 Å². The molecule has 0 unspecified atom stereocenters. The fourth-order valence-electron chi connectivity index (χ4n) is 2.08. The number of anilines is 1. The van der Waals surface area contributed by atoms with Crippen molar-refractivity contribution in [2.24, 2.45) is 0 Å². The number of unbranched alkanes of at least 4 members (excludes halogenated alkanes) is 4. The Labute approximate surface area is 111 Å². The van der Waals surface area contributed by atoms with Crippen molar-refractivity contribution in [2.75, 3.05) is 5.73 Å². The minimum absolute atomic E-state index is 0.383. The molecule has 1 aromatic carbocycles. The first-order valence-corrected chi connectivity index (χ1v) is 7.08. The second kappa shape index (κ2) is 8.73. The number of carbonyl (C=O) groups is 1. The molecule has 0 radical (unpaired) electrons. The van der Waals surface area contributed by atoms with Crippen molar-refractivity contribution in [1.29, 1.82) is 0 Å². The Kier molecular flexibility index (Phi) is 7.16. The van der Waals surface area contributed by atoms with Crippen molar-refractivity contribution in [3.63, 3.8) is 0 Å². The molecular formula is C16H25NO. The minimum Gasteiger partial charge on any atom is -0.399 e. The van der Waals surface area contributed by atoms with Crippen LogP contribution in [0.25, 0.3) is 0 Å². The van der Waals surface area contributed by atoms with Gasteiger partial charge in [0.2, 0.25) is 0 Å². The van der Waals surface area contributed by atoms with Crippen LogP contribution in [-0.2, 0) is 11.2 Å². The van der Waals surface area contributed by atoms with Gasteiger partial charge in [0.15, 0.2) is 0 Å². The summed E-state index contributed by atoms with van der Waals surface area (Å²) in [4.78, 5) is 11.7. The van der Waals surface area contributed by atoms with Gasteiger partial charge in [-0.3, -0.25) is 4.79 Å². The maximum atomic E-state index is 11.7. The molecule has 0 amide bonds. The van der Waals surface area contributed by atoms with Crippen molar-refractivity contribution in [3.05, 3.63) is 29.8 Å². The predicted octanol–water partition coefficient (Wildman–Crippen LogP) is 4.13. The quantitative estimate of drug-likeness (QED) is 0.526. The number of ketones is 1. The molecule has 18 heavy (non-hydrogen) atoms. The van der Waals surface area contributed by atoms with Crippen molar-refractivity contribution in [1.82, 2.24) is 0 Å². The number of carbonyl (C=O) groups excluding carboxylic acids is 1. The van der Waals surface area contributed by atoms with E-state index < -0.39 is 0 Å². The second-order valence-electron chi connectivity index (χ2n) is 4.95. The minimum atomic E-state index is 0.383. The fraction of sp³-hybridized carbons (Fsp3) is 0.562. The third-order valence-electron chi connectivity index (χ3n) is 3.20. The van der Waals surface area contributed by atoms with Gasteiger partial charge < -0.3 is 5.73 Å². The van der Waals surface area contributed by atoms with E-state index in [1.165, 1.54) is 25.7 Å². The van der Waals surface area contributed by atoms with Crippen molar-refractivity contribution in [2.45, 2.75) is 58.3 Å². The number of aryl methyl sites for hydroxylation is 1. The van der Waals surface area contributed by atoms with Crippen LogP contribution in [0.2, 0.25) is 0 Å². The van der Waals surface area contributed by atoms with E-state index in [-0.39, 0.29) is 0 Å². The third-order valence-corrected chi connectivity index (χ3v) is 3.20. The number of rotatable bonds is 9. The van der Waals surface area contributed by atoms with Crippen LogP contribution in [-0.4, -0.2) is 5.78 Å². The van der Waals surface area contributed by atoms with Gasteiger partial charge >= 0.3 is 0 Å². The summed E-state index contributed by atoms with van der Waals surface area (Å²) < 4.78 is 0.